The molecule has 0 aromatic heterocycles. The first-order valence-electron chi connectivity index (χ1n) is 16.7. The number of carbonyl (C=O) groups is 3. The van der Waals surface area contributed by atoms with Gasteiger partial charge in [0.15, 0.2) is 0 Å². The van der Waals surface area contributed by atoms with Crippen LogP contribution in [0, 0.1) is 51.8 Å². The van der Waals surface area contributed by atoms with E-state index in [0.29, 0.717) is 36.0 Å². The van der Waals surface area contributed by atoms with E-state index in [-0.39, 0.29) is 50.2 Å². The molecule has 0 aromatic carbocycles. The van der Waals surface area contributed by atoms with Crippen molar-refractivity contribution in [1.82, 2.24) is 0 Å². The van der Waals surface area contributed by atoms with Crippen molar-refractivity contribution in [3.8, 4) is 0 Å². The number of aliphatic hydroxyl groups is 3. The summed E-state index contributed by atoms with van der Waals surface area (Å²) < 4.78 is 25.6. The van der Waals surface area contributed by atoms with Gasteiger partial charge in [-0.05, 0) is 96.9 Å². The van der Waals surface area contributed by atoms with Gasteiger partial charge in [0, 0.05) is 32.2 Å². The summed E-state index contributed by atoms with van der Waals surface area (Å²) in [5, 5.41) is 25.3. The van der Waals surface area contributed by atoms with Crippen LogP contribution in [0.5, 0.6) is 0 Å². The molecule has 9 atom stereocenters. The van der Waals surface area contributed by atoms with E-state index in [1.165, 1.54) is 0 Å². The second kappa shape index (κ2) is 25.7. The monoisotopic (exact) mass is 732 g/mol. The Kier molecular flexibility index (Phi) is 26.8. The van der Waals surface area contributed by atoms with Crippen molar-refractivity contribution in [2.24, 2.45) is 51.8 Å². The predicted molar refractivity (Wildman–Crippen MR) is 191 cm³/mol. The van der Waals surface area contributed by atoms with Crippen LogP contribution in [0.25, 0.3) is 0 Å². The molecule has 0 heterocycles. The maximum absolute atomic E-state index is 11.1. The van der Waals surface area contributed by atoms with E-state index >= 15 is 0 Å². The van der Waals surface area contributed by atoms with Crippen LogP contribution in [0.1, 0.15) is 108 Å². The van der Waals surface area contributed by atoms with Crippen LogP contribution in [0.3, 0.4) is 0 Å². The quantitative estimate of drug-likeness (QED) is 0.160. The summed E-state index contributed by atoms with van der Waals surface area (Å²) in [6.45, 7) is 13.5. The SMILES string of the molecule is C.C.CO.C[C@@H]1CC=C[C@@H](CCC=O)[C@@]1(C)C=O.C[C@@H]1CC=C[C@@H](CCCO)[C@@]1(C)CO.C[C@@H]1CC=C[C@H]2CC(C=O)=C[C@@]12C.[O]=[Cr](=[O])=[O]. The Morgan fingerprint density at radius 2 is 1.31 bits per heavy atom. The number of hydrogen-bond acceptors (Lipinski definition) is 9. The van der Waals surface area contributed by atoms with Crippen molar-refractivity contribution in [2.45, 2.75) is 108 Å². The Bertz CT molecular complexity index is 1180. The zero-order valence-electron chi connectivity index (χ0n) is 29.5. The van der Waals surface area contributed by atoms with Gasteiger partial charge in [-0.25, -0.2) is 0 Å². The molecule has 0 aliphatic heterocycles. The number of allylic oxidation sites excluding steroid dienone is 8. The van der Waals surface area contributed by atoms with Gasteiger partial charge in [-0.2, -0.15) is 0 Å². The summed E-state index contributed by atoms with van der Waals surface area (Å²) in [6, 6.07) is 0. The third-order valence-electron chi connectivity index (χ3n) is 11.2. The molecule has 49 heavy (non-hydrogen) atoms. The standard InChI is InChI=1S/C12H22O2.C12H18O2.C12H16O.CH4O.2CH4.Cr.3O/c2*1-10-5-3-6-11(7-4-8-13)12(10,2)9-14;1-9-4-3-5-11-6-10(8-13)7-12(9,11)2;1-2;;;;;;/h3,6,10-11,13-14H,4-5,7-9H2,1-2H3;3,6,8-11H,4-5,7H2,1-2H3;3,5,7-9,11H,4,6H2,1-2H3;2H,1H3;2*1H4;;;;/t2*10-,11+,12+;9-,11+,12+;;;;;;;/m111......./s1. The molecule has 10 heteroatoms. The van der Waals surface area contributed by atoms with E-state index in [0.717, 1.165) is 76.5 Å². The zero-order chi connectivity index (χ0) is 36.3. The third kappa shape index (κ3) is 14.9. The third-order valence-corrected chi connectivity index (χ3v) is 11.2. The molecular formula is C39H68CrO9. The molecule has 0 bridgehead atoms. The molecular weight excluding hydrogens is 664 g/mol. The van der Waals surface area contributed by atoms with Gasteiger partial charge in [0.2, 0.25) is 0 Å². The molecule has 4 rings (SSSR count). The van der Waals surface area contributed by atoms with Crippen LogP contribution in [-0.2, 0) is 39.7 Å². The van der Waals surface area contributed by atoms with Gasteiger partial charge in [0.25, 0.3) is 0 Å². The normalized spacial score (nSPS) is 33.1. The number of fused-ring (bicyclic) bond motifs is 1. The molecule has 0 aromatic rings. The maximum atomic E-state index is 11.1. The second-order valence-corrected chi connectivity index (χ2v) is 14.5. The summed E-state index contributed by atoms with van der Waals surface area (Å²) in [5.41, 5.74) is 0.957. The van der Waals surface area contributed by atoms with Crippen molar-refractivity contribution in [1.29, 1.82) is 0 Å². The fourth-order valence-electron chi connectivity index (χ4n) is 7.05. The van der Waals surface area contributed by atoms with E-state index in [1.807, 2.05) is 6.92 Å². The topological polar surface area (TPSA) is 163 Å². The van der Waals surface area contributed by atoms with Crippen LogP contribution in [0.15, 0.2) is 48.1 Å². The number of hydrogen-bond donors (Lipinski definition) is 3. The van der Waals surface area contributed by atoms with Gasteiger partial charge in [0.05, 0.1) is 0 Å². The number of aliphatic hydroxyl groups excluding tert-OH is 3. The molecule has 0 radical (unpaired) electrons. The number of carbonyl (C=O) groups excluding carboxylic acids is 3. The van der Waals surface area contributed by atoms with Gasteiger partial charge >= 0.3 is 25.4 Å². The van der Waals surface area contributed by atoms with E-state index < -0.39 is 14.0 Å². The van der Waals surface area contributed by atoms with E-state index in [1.54, 1.807) is 0 Å². The van der Waals surface area contributed by atoms with Crippen LogP contribution < -0.4 is 0 Å². The average Bonchev–Trinajstić information content (AvgIpc) is 3.41. The first-order chi connectivity index (χ1) is 22.2. The van der Waals surface area contributed by atoms with Crippen molar-refractivity contribution >= 4 is 18.9 Å². The van der Waals surface area contributed by atoms with Crippen LogP contribution >= 0.6 is 0 Å². The molecule has 0 saturated carbocycles. The van der Waals surface area contributed by atoms with Gasteiger partial charge in [0.1, 0.15) is 18.9 Å². The first kappa shape index (κ1) is 51.2. The molecule has 284 valence electrons. The summed E-state index contributed by atoms with van der Waals surface area (Å²) in [5.74, 6) is 2.79. The molecule has 0 saturated heterocycles. The van der Waals surface area contributed by atoms with Crippen molar-refractivity contribution in [3.05, 3.63) is 48.1 Å². The molecule has 4 aliphatic rings. The zero-order valence-corrected chi connectivity index (χ0v) is 30.8. The summed E-state index contributed by atoms with van der Waals surface area (Å²) in [7, 11) is 1.00. The summed E-state index contributed by atoms with van der Waals surface area (Å²) in [6.07, 6.45) is 25.7. The Hall–Kier alpha value is -2.22. The minimum atomic E-state index is -3.79. The molecule has 4 aliphatic carbocycles. The Labute approximate surface area is 301 Å². The van der Waals surface area contributed by atoms with Crippen molar-refractivity contribution in [3.63, 3.8) is 0 Å². The molecule has 3 N–H and O–H groups in total. The predicted octanol–water partition coefficient (Wildman–Crippen LogP) is 7.61. The van der Waals surface area contributed by atoms with Gasteiger partial charge in [-0.1, -0.05) is 98.9 Å². The number of rotatable bonds is 9. The van der Waals surface area contributed by atoms with Crippen LogP contribution in [0.4, 0.5) is 0 Å². The van der Waals surface area contributed by atoms with E-state index in [2.05, 4.69) is 77.2 Å². The van der Waals surface area contributed by atoms with Gasteiger partial charge in [-0.3, -0.25) is 4.79 Å². The fourth-order valence-corrected chi connectivity index (χ4v) is 7.05. The van der Waals surface area contributed by atoms with Crippen LogP contribution in [-0.4, -0.2) is 54.5 Å². The van der Waals surface area contributed by atoms with Crippen LogP contribution in [0.2, 0.25) is 0 Å². The molecule has 0 fully saturated rings. The number of aldehydes is 3. The minimum absolute atomic E-state index is 0. The van der Waals surface area contributed by atoms with Crippen molar-refractivity contribution in [2.75, 3.05) is 20.3 Å². The van der Waals surface area contributed by atoms with Gasteiger partial charge < -0.3 is 24.9 Å². The second-order valence-electron chi connectivity index (χ2n) is 13.9. The van der Waals surface area contributed by atoms with E-state index in [4.69, 9.17) is 21.6 Å². The fraction of sp³-hybridized carbons (Fsp3) is 0.718. The summed E-state index contributed by atoms with van der Waals surface area (Å²) >= 11 is -3.79. The summed E-state index contributed by atoms with van der Waals surface area (Å²) in [4.78, 5) is 32.2. The van der Waals surface area contributed by atoms with Gasteiger partial charge in [-0.15, -0.1) is 0 Å². The van der Waals surface area contributed by atoms with E-state index in [9.17, 15) is 19.5 Å². The molecule has 0 amide bonds. The molecule has 9 nitrogen and oxygen atoms in total. The average molecular weight is 733 g/mol. The Morgan fingerprint density at radius 1 is 0.796 bits per heavy atom. The molecule has 0 spiro atoms. The molecule has 0 unspecified atom stereocenters. The van der Waals surface area contributed by atoms with Crippen molar-refractivity contribution < 1.29 is 55.1 Å². The Morgan fingerprint density at radius 3 is 1.78 bits per heavy atom. The first-order valence-corrected chi connectivity index (χ1v) is 18.3. The Balaban J connectivity index is -0.000000587.